The van der Waals surface area contributed by atoms with Crippen molar-refractivity contribution in [1.82, 2.24) is 10.2 Å². The number of aromatic nitrogens is 2. The molecule has 0 fully saturated rings. The Kier molecular flexibility index (Phi) is 4.86. The first-order chi connectivity index (χ1) is 13.6. The quantitative estimate of drug-likeness (QED) is 0.516. The molecule has 2 aromatic heterocycles. The number of nitrogens with zero attached hydrogens (tertiary/aromatic N) is 2. The summed E-state index contributed by atoms with van der Waals surface area (Å²) in [5.41, 5.74) is 0.778. The van der Waals surface area contributed by atoms with Crippen molar-refractivity contribution in [2.75, 3.05) is 11.9 Å². The molecule has 0 spiro atoms. The van der Waals surface area contributed by atoms with E-state index < -0.39 is 11.5 Å². The molecule has 0 aliphatic rings. The van der Waals surface area contributed by atoms with Gasteiger partial charge >= 0.3 is 5.63 Å². The summed E-state index contributed by atoms with van der Waals surface area (Å²) in [5, 5.41) is 12.4. The van der Waals surface area contributed by atoms with Gasteiger partial charge in [0.2, 0.25) is 5.13 Å². The van der Waals surface area contributed by atoms with Gasteiger partial charge in [0.1, 0.15) is 16.3 Å². The largest absolute Gasteiger partial charge is 0.494 e. The van der Waals surface area contributed by atoms with Crippen LogP contribution in [0.3, 0.4) is 0 Å². The Hall–Kier alpha value is -3.52. The van der Waals surface area contributed by atoms with E-state index in [2.05, 4.69) is 15.5 Å². The fourth-order valence-corrected chi connectivity index (χ4v) is 3.47. The number of carbonyl (C=O) groups is 1. The Bertz CT molecular complexity index is 1200. The first-order valence-electron chi connectivity index (χ1n) is 8.55. The Morgan fingerprint density at radius 1 is 1.14 bits per heavy atom. The van der Waals surface area contributed by atoms with Crippen molar-refractivity contribution in [3.05, 3.63) is 70.6 Å². The van der Waals surface area contributed by atoms with Gasteiger partial charge in [-0.3, -0.25) is 10.1 Å². The van der Waals surface area contributed by atoms with E-state index in [1.54, 1.807) is 18.2 Å². The Labute approximate surface area is 163 Å². The zero-order chi connectivity index (χ0) is 19.5. The number of benzene rings is 2. The lowest BCUT2D eigenvalue weighted by molar-refractivity contribution is 0.102. The zero-order valence-corrected chi connectivity index (χ0v) is 15.7. The monoisotopic (exact) mass is 393 g/mol. The third kappa shape index (κ3) is 3.63. The normalized spacial score (nSPS) is 10.8. The van der Waals surface area contributed by atoms with Crippen LogP contribution in [0.4, 0.5) is 5.13 Å². The number of nitrogens with one attached hydrogen (secondary N) is 1. The molecule has 1 amide bonds. The number of hydrogen-bond donors (Lipinski definition) is 1. The van der Waals surface area contributed by atoms with Crippen LogP contribution < -0.4 is 15.7 Å². The van der Waals surface area contributed by atoms with Crippen molar-refractivity contribution < 1.29 is 13.9 Å². The number of hydrogen-bond acceptors (Lipinski definition) is 7. The van der Waals surface area contributed by atoms with Gasteiger partial charge in [0, 0.05) is 23.1 Å². The van der Waals surface area contributed by atoms with E-state index >= 15 is 0 Å². The first kappa shape index (κ1) is 17.9. The highest BCUT2D eigenvalue weighted by atomic mass is 32.1. The minimum Gasteiger partial charge on any atom is -0.494 e. The summed E-state index contributed by atoms with van der Waals surface area (Å²) in [6.07, 6.45) is 0. The van der Waals surface area contributed by atoms with Crippen LogP contribution in [-0.4, -0.2) is 22.7 Å². The summed E-state index contributed by atoms with van der Waals surface area (Å²) in [6, 6.07) is 15.7. The van der Waals surface area contributed by atoms with Crippen LogP contribution in [0.5, 0.6) is 5.75 Å². The molecule has 4 rings (SSSR count). The third-order valence-corrected chi connectivity index (χ3v) is 4.83. The molecule has 0 atom stereocenters. The van der Waals surface area contributed by atoms with Gasteiger partial charge in [-0.25, -0.2) is 4.79 Å². The number of ether oxygens (including phenoxy) is 1. The smallest absolute Gasteiger partial charge is 0.337 e. The summed E-state index contributed by atoms with van der Waals surface area (Å²) in [4.78, 5) is 24.7. The maximum absolute atomic E-state index is 12.8. The lowest BCUT2D eigenvalue weighted by atomic mass is 10.1. The molecule has 4 aromatic rings. The summed E-state index contributed by atoms with van der Waals surface area (Å²) in [7, 11) is 0. The van der Waals surface area contributed by atoms with Crippen molar-refractivity contribution in [2.24, 2.45) is 0 Å². The molecule has 0 saturated heterocycles. The number of fused-ring (bicyclic) bond motifs is 1. The summed E-state index contributed by atoms with van der Waals surface area (Å²) < 4.78 is 10.6. The highest BCUT2D eigenvalue weighted by molar-refractivity contribution is 7.18. The zero-order valence-electron chi connectivity index (χ0n) is 14.8. The lowest BCUT2D eigenvalue weighted by Crippen LogP contribution is -2.15. The van der Waals surface area contributed by atoms with Crippen molar-refractivity contribution in [1.29, 1.82) is 0 Å². The molecular formula is C20H15N3O4S. The molecule has 0 bridgehead atoms. The average Bonchev–Trinajstić information content (AvgIpc) is 3.16. The van der Waals surface area contributed by atoms with Crippen LogP contribution in [0.1, 0.15) is 17.3 Å². The molecule has 0 saturated carbocycles. The summed E-state index contributed by atoms with van der Waals surface area (Å²) in [5.74, 6) is 0.102. The predicted octanol–water partition coefficient (Wildman–Crippen LogP) is 3.96. The van der Waals surface area contributed by atoms with E-state index in [0.717, 1.165) is 11.6 Å². The molecule has 2 aromatic carbocycles. The van der Waals surface area contributed by atoms with E-state index in [0.29, 0.717) is 27.9 Å². The molecule has 0 radical (unpaired) electrons. The highest BCUT2D eigenvalue weighted by Gasteiger charge is 2.16. The molecule has 0 aliphatic carbocycles. The van der Waals surface area contributed by atoms with E-state index in [4.69, 9.17) is 9.15 Å². The number of anilines is 1. The van der Waals surface area contributed by atoms with E-state index in [1.807, 2.05) is 37.3 Å². The second-order valence-electron chi connectivity index (χ2n) is 5.80. The highest BCUT2D eigenvalue weighted by Crippen LogP contribution is 2.27. The molecule has 28 heavy (non-hydrogen) atoms. The number of amides is 1. The van der Waals surface area contributed by atoms with Crippen molar-refractivity contribution in [3.8, 4) is 16.3 Å². The Morgan fingerprint density at radius 2 is 1.96 bits per heavy atom. The van der Waals surface area contributed by atoms with Gasteiger partial charge in [-0.15, -0.1) is 10.2 Å². The molecule has 7 nitrogen and oxygen atoms in total. The van der Waals surface area contributed by atoms with Gasteiger partial charge in [0.25, 0.3) is 5.91 Å². The van der Waals surface area contributed by atoms with Gasteiger partial charge in [-0.1, -0.05) is 41.7 Å². The average molecular weight is 393 g/mol. The van der Waals surface area contributed by atoms with Gasteiger partial charge < -0.3 is 9.15 Å². The maximum Gasteiger partial charge on any atom is 0.337 e. The van der Waals surface area contributed by atoms with Crippen molar-refractivity contribution >= 4 is 33.3 Å². The number of rotatable bonds is 5. The fraction of sp³-hybridized carbons (Fsp3) is 0.100. The van der Waals surface area contributed by atoms with Crippen LogP contribution in [0.25, 0.3) is 21.5 Å². The van der Waals surface area contributed by atoms with Gasteiger partial charge in [0.15, 0.2) is 0 Å². The molecule has 0 unspecified atom stereocenters. The molecule has 0 aliphatic heterocycles. The second-order valence-corrected chi connectivity index (χ2v) is 6.78. The molecule has 140 valence electrons. The predicted molar refractivity (Wildman–Crippen MR) is 107 cm³/mol. The van der Waals surface area contributed by atoms with Crippen LogP contribution in [-0.2, 0) is 0 Å². The summed E-state index contributed by atoms with van der Waals surface area (Å²) in [6.45, 7) is 2.34. The fourth-order valence-electron chi connectivity index (χ4n) is 2.72. The molecular weight excluding hydrogens is 378 g/mol. The summed E-state index contributed by atoms with van der Waals surface area (Å²) >= 11 is 1.25. The third-order valence-electron chi connectivity index (χ3n) is 3.94. The molecule has 8 heteroatoms. The van der Waals surface area contributed by atoms with Crippen LogP contribution in [0.2, 0.25) is 0 Å². The van der Waals surface area contributed by atoms with Crippen LogP contribution >= 0.6 is 11.3 Å². The maximum atomic E-state index is 12.8. The van der Waals surface area contributed by atoms with Gasteiger partial charge in [0.05, 0.1) is 12.2 Å². The number of carbonyl (C=O) groups excluding carboxylic acids is 1. The Morgan fingerprint density at radius 3 is 2.75 bits per heavy atom. The van der Waals surface area contributed by atoms with Crippen molar-refractivity contribution in [3.63, 3.8) is 0 Å². The van der Waals surface area contributed by atoms with E-state index in [1.165, 1.54) is 11.3 Å². The van der Waals surface area contributed by atoms with Crippen LogP contribution in [0.15, 0.2) is 63.8 Å². The van der Waals surface area contributed by atoms with E-state index in [-0.39, 0.29) is 11.1 Å². The minimum atomic E-state index is -0.617. The van der Waals surface area contributed by atoms with Crippen molar-refractivity contribution in [2.45, 2.75) is 6.92 Å². The topological polar surface area (TPSA) is 94.3 Å². The lowest BCUT2D eigenvalue weighted by Gasteiger charge is -2.07. The minimum absolute atomic E-state index is 0.200. The standard InChI is InChI=1S/C20H15N3O4S/c1-2-26-13-8-9-14-15(11-17(24)27-16(14)10-13)18(25)21-20-23-22-19(28-20)12-6-4-3-5-7-12/h3-11H,2H2,1H3,(H,21,23,25). The Balaban J connectivity index is 1.64. The second kappa shape index (κ2) is 7.61. The molecule has 1 N–H and O–H groups in total. The SMILES string of the molecule is CCOc1ccc2c(C(=O)Nc3nnc(-c4ccccc4)s3)cc(=O)oc2c1. The van der Waals surface area contributed by atoms with E-state index in [9.17, 15) is 9.59 Å². The van der Waals surface area contributed by atoms with Gasteiger partial charge in [-0.05, 0) is 19.1 Å². The van der Waals surface area contributed by atoms with Gasteiger partial charge in [-0.2, -0.15) is 0 Å². The first-order valence-corrected chi connectivity index (χ1v) is 9.36. The molecule has 2 heterocycles. The van der Waals surface area contributed by atoms with Crippen LogP contribution in [0, 0.1) is 0 Å².